The van der Waals surface area contributed by atoms with Gasteiger partial charge in [-0.2, -0.15) is 0 Å². The zero-order valence-corrected chi connectivity index (χ0v) is 13.6. The van der Waals surface area contributed by atoms with E-state index in [2.05, 4.69) is 10.3 Å². The first-order chi connectivity index (χ1) is 11.3. The van der Waals surface area contributed by atoms with Gasteiger partial charge in [0.05, 0.1) is 6.61 Å². The van der Waals surface area contributed by atoms with Gasteiger partial charge in [-0.05, 0) is 13.8 Å². The lowest BCUT2D eigenvalue weighted by molar-refractivity contribution is -0.144. The third-order valence-corrected chi connectivity index (χ3v) is 3.89. The maximum Gasteiger partial charge on any atom is 0.330 e. The van der Waals surface area contributed by atoms with Crippen LogP contribution in [-0.2, 0) is 14.3 Å². The van der Waals surface area contributed by atoms with Crippen LogP contribution in [0.25, 0.3) is 0 Å². The number of aliphatic hydroxyl groups is 2. The number of amides is 1. The zero-order chi connectivity index (χ0) is 18.0. The second-order valence-electron chi connectivity index (χ2n) is 5.57. The highest BCUT2D eigenvalue weighted by Crippen LogP contribution is 2.31. The molecule has 4 N–H and O–H groups in total. The van der Waals surface area contributed by atoms with Gasteiger partial charge in [-0.1, -0.05) is 0 Å². The third-order valence-electron chi connectivity index (χ3n) is 3.89. The Morgan fingerprint density at radius 2 is 2.21 bits per heavy atom. The number of rotatable bonds is 5. The standard InChI is InChI=1S/C14H21N3O7/c1-6-4-17(14(22)16-11(6)20)13-10(9(19)8(5-18)24-13)23-7(2)12(21)15-3/h4,7-10,13,18-19H,5H2,1-3H3,(H,15,21)(H,16,20,22)/t7?,8-,9+,10?,13-/m1/s1. The van der Waals surface area contributed by atoms with E-state index in [0.717, 1.165) is 4.57 Å². The highest BCUT2D eigenvalue weighted by Gasteiger charge is 2.46. The van der Waals surface area contributed by atoms with Crippen LogP contribution in [0.4, 0.5) is 0 Å². The number of likely N-dealkylation sites (N-methyl/N-ethyl adjacent to an activating group) is 1. The number of hydrogen-bond acceptors (Lipinski definition) is 7. The summed E-state index contributed by atoms with van der Waals surface area (Å²) in [6.45, 7) is 2.49. The SMILES string of the molecule is CNC(=O)C(C)OC1[C@@H](O)[C@@H](CO)O[C@H]1n1cc(C)c(=O)[nH]c1=O. The Kier molecular flexibility index (Phi) is 5.54. The van der Waals surface area contributed by atoms with Crippen LogP contribution in [0.1, 0.15) is 18.7 Å². The van der Waals surface area contributed by atoms with Crippen molar-refractivity contribution in [2.24, 2.45) is 0 Å². The molecule has 2 heterocycles. The zero-order valence-electron chi connectivity index (χ0n) is 13.6. The third kappa shape index (κ3) is 3.41. The minimum Gasteiger partial charge on any atom is -0.394 e. The van der Waals surface area contributed by atoms with E-state index < -0.39 is 54.4 Å². The molecule has 1 aliphatic heterocycles. The van der Waals surface area contributed by atoms with Crippen molar-refractivity contribution in [2.75, 3.05) is 13.7 Å². The normalized spacial score (nSPS) is 27.9. The molecule has 2 rings (SSSR count). The van der Waals surface area contributed by atoms with E-state index >= 15 is 0 Å². The molecule has 1 saturated heterocycles. The number of hydrogen-bond donors (Lipinski definition) is 4. The van der Waals surface area contributed by atoms with Crippen LogP contribution in [0.5, 0.6) is 0 Å². The van der Waals surface area contributed by atoms with E-state index in [1.807, 2.05) is 0 Å². The topological polar surface area (TPSA) is 143 Å². The maximum absolute atomic E-state index is 12.1. The fourth-order valence-corrected chi connectivity index (χ4v) is 2.52. The fraction of sp³-hybridized carbons (Fsp3) is 0.643. The smallest absolute Gasteiger partial charge is 0.330 e. The molecular weight excluding hydrogens is 322 g/mol. The first-order valence-electron chi connectivity index (χ1n) is 7.43. The molecule has 1 aromatic rings. The molecule has 1 aromatic heterocycles. The van der Waals surface area contributed by atoms with Gasteiger partial charge >= 0.3 is 5.69 Å². The lowest BCUT2D eigenvalue weighted by atomic mass is 10.1. The highest BCUT2D eigenvalue weighted by atomic mass is 16.6. The van der Waals surface area contributed by atoms with Crippen LogP contribution in [0, 0.1) is 6.92 Å². The van der Waals surface area contributed by atoms with E-state index in [1.54, 1.807) is 0 Å². The molecule has 0 aromatic carbocycles. The van der Waals surface area contributed by atoms with Gasteiger partial charge in [0.25, 0.3) is 5.56 Å². The number of aryl methyl sites for hydroxylation is 1. The van der Waals surface area contributed by atoms with Gasteiger partial charge in [0.2, 0.25) is 5.91 Å². The number of carbonyl (C=O) groups excluding carboxylic acids is 1. The number of ether oxygens (including phenoxy) is 2. The summed E-state index contributed by atoms with van der Waals surface area (Å²) < 4.78 is 12.1. The lowest BCUT2D eigenvalue weighted by Gasteiger charge is -2.25. The Labute approximate surface area is 137 Å². The molecule has 1 aliphatic rings. The molecule has 1 amide bonds. The Morgan fingerprint density at radius 1 is 1.54 bits per heavy atom. The summed E-state index contributed by atoms with van der Waals surface area (Å²) in [5, 5.41) is 22.0. The van der Waals surface area contributed by atoms with E-state index in [9.17, 15) is 24.6 Å². The lowest BCUT2D eigenvalue weighted by Crippen LogP contribution is -2.44. The molecular formula is C14H21N3O7. The van der Waals surface area contributed by atoms with Crippen molar-refractivity contribution in [3.8, 4) is 0 Å². The Hall–Kier alpha value is -2.01. The summed E-state index contributed by atoms with van der Waals surface area (Å²) in [6, 6.07) is 0. The van der Waals surface area contributed by atoms with Gasteiger partial charge in [0.15, 0.2) is 6.23 Å². The highest BCUT2D eigenvalue weighted by molar-refractivity contribution is 5.79. The number of aliphatic hydroxyl groups excluding tert-OH is 2. The average molecular weight is 343 g/mol. The van der Waals surface area contributed by atoms with Crippen molar-refractivity contribution >= 4 is 5.91 Å². The molecule has 134 valence electrons. The summed E-state index contributed by atoms with van der Waals surface area (Å²) in [5.41, 5.74) is -1.02. The monoisotopic (exact) mass is 343 g/mol. The number of nitrogens with one attached hydrogen (secondary N) is 2. The van der Waals surface area contributed by atoms with E-state index in [-0.39, 0.29) is 5.56 Å². The van der Waals surface area contributed by atoms with E-state index in [1.165, 1.54) is 27.1 Å². The van der Waals surface area contributed by atoms with Crippen molar-refractivity contribution in [1.29, 1.82) is 0 Å². The van der Waals surface area contributed by atoms with Crippen molar-refractivity contribution < 1.29 is 24.5 Å². The molecule has 1 fully saturated rings. The van der Waals surface area contributed by atoms with Crippen LogP contribution in [0.3, 0.4) is 0 Å². The molecule has 5 atom stereocenters. The summed E-state index contributed by atoms with van der Waals surface area (Å²) in [7, 11) is 1.44. The van der Waals surface area contributed by atoms with Gasteiger partial charge in [-0.15, -0.1) is 0 Å². The predicted molar refractivity (Wildman–Crippen MR) is 81.5 cm³/mol. The number of H-pyrrole nitrogens is 1. The van der Waals surface area contributed by atoms with Gasteiger partial charge in [0, 0.05) is 18.8 Å². The average Bonchev–Trinajstić information content (AvgIpc) is 2.86. The van der Waals surface area contributed by atoms with Crippen LogP contribution in [-0.4, -0.2) is 63.7 Å². The summed E-state index contributed by atoms with van der Waals surface area (Å²) in [5.74, 6) is -0.418. The second-order valence-corrected chi connectivity index (χ2v) is 5.57. The number of aromatic amines is 1. The molecule has 10 nitrogen and oxygen atoms in total. The molecule has 0 radical (unpaired) electrons. The summed E-state index contributed by atoms with van der Waals surface area (Å²) in [6.07, 6.45) is -4.08. The Morgan fingerprint density at radius 3 is 2.79 bits per heavy atom. The first-order valence-corrected chi connectivity index (χ1v) is 7.43. The van der Waals surface area contributed by atoms with Crippen molar-refractivity contribution in [2.45, 2.75) is 44.5 Å². The van der Waals surface area contributed by atoms with Gasteiger partial charge in [-0.3, -0.25) is 19.1 Å². The minimum atomic E-state index is -1.26. The molecule has 0 saturated carbocycles. The van der Waals surface area contributed by atoms with Crippen LogP contribution in [0.2, 0.25) is 0 Å². The summed E-state index contributed by atoms with van der Waals surface area (Å²) >= 11 is 0. The quantitative estimate of drug-likeness (QED) is 0.467. The first kappa shape index (κ1) is 18.3. The molecule has 24 heavy (non-hydrogen) atoms. The fourth-order valence-electron chi connectivity index (χ4n) is 2.52. The Bertz CT molecular complexity index is 713. The predicted octanol–water partition coefficient (Wildman–Crippen LogP) is -2.38. The van der Waals surface area contributed by atoms with Crippen molar-refractivity contribution in [3.05, 3.63) is 32.6 Å². The summed E-state index contributed by atoms with van der Waals surface area (Å²) in [4.78, 5) is 37.3. The van der Waals surface area contributed by atoms with Crippen LogP contribution >= 0.6 is 0 Å². The Balaban J connectivity index is 2.38. The molecule has 2 unspecified atom stereocenters. The largest absolute Gasteiger partial charge is 0.394 e. The van der Waals surface area contributed by atoms with Gasteiger partial charge < -0.3 is 25.0 Å². The molecule has 0 spiro atoms. The minimum absolute atomic E-state index is 0.262. The van der Waals surface area contributed by atoms with Gasteiger partial charge in [0.1, 0.15) is 24.4 Å². The van der Waals surface area contributed by atoms with Crippen molar-refractivity contribution in [3.63, 3.8) is 0 Å². The molecule has 0 bridgehead atoms. The molecule has 10 heteroatoms. The number of carbonyl (C=O) groups is 1. The maximum atomic E-state index is 12.1. The molecule has 0 aliphatic carbocycles. The second kappa shape index (κ2) is 7.26. The van der Waals surface area contributed by atoms with Gasteiger partial charge in [-0.25, -0.2) is 4.79 Å². The van der Waals surface area contributed by atoms with E-state index in [4.69, 9.17) is 9.47 Å². The van der Waals surface area contributed by atoms with Crippen LogP contribution < -0.4 is 16.6 Å². The van der Waals surface area contributed by atoms with Crippen LogP contribution in [0.15, 0.2) is 15.8 Å². The number of aromatic nitrogens is 2. The van der Waals surface area contributed by atoms with E-state index in [0.29, 0.717) is 0 Å². The number of nitrogens with zero attached hydrogens (tertiary/aromatic N) is 1. The van der Waals surface area contributed by atoms with Crippen molar-refractivity contribution in [1.82, 2.24) is 14.9 Å².